The van der Waals surface area contributed by atoms with Crippen LogP contribution in [0.4, 0.5) is 0 Å². The summed E-state index contributed by atoms with van der Waals surface area (Å²) in [6, 6.07) is 7.02. The monoisotopic (exact) mass is 423 g/mol. The van der Waals surface area contributed by atoms with E-state index in [2.05, 4.69) is 15.6 Å². The number of hydrogen-bond acceptors (Lipinski definition) is 3. The SMILES string of the molecule is O=C(O)CNC(=O)[C@@H](Cc1c[nH]c2ccccc12)NC(=O)C12CC3CC(CC(C3)C1)C2. The van der Waals surface area contributed by atoms with Gasteiger partial charge in [0.1, 0.15) is 12.6 Å². The molecule has 7 heteroatoms. The lowest BCUT2D eigenvalue weighted by molar-refractivity contribution is -0.148. The number of aromatic amines is 1. The number of carboxylic acids is 1. The van der Waals surface area contributed by atoms with Gasteiger partial charge >= 0.3 is 5.97 Å². The normalized spacial score (nSPS) is 29.6. The lowest BCUT2D eigenvalue weighted by Crippen LogP contribution is -2.58. The second-order valence-electron chi connectivity index (χ2n) is 9.90. The van der Waals surface area contributed by atoms with Crippen LogP contribution in [-0.4, -0.2) is 40.5 Å². The van der Waals surface area contributed by atoms with Crippen molar-refractivity contribution >= 4 is 28.7 Å². The van der Waals surface area contributed by atoms with E-state index in [1.807, 2.05) is 30.5 Å². The van der Waals surface area contributed by atoms with Crippen molar-refractivity contribution in [3.05, 3.63) is 36.0 Å². The van der Waals surface area contributed by atoms with Crippen LogP contribution >= 0.6 is 0 Å². The van der Waals surface area contributed by atoms with Gasteiger partial charge in [-0.15, -0.1) is 0 Å². The number of carboxylic acid groups (broad SMARTS) is 1. The van der Waals surface area contributed by atoms with Crippen LogP contribution in [-0.2, 0) is 20.8 Å². The fraction of sp³-hybridized carbons (Fsp3) is 0.542. The van der Waals surface area contributed by atoms with Gasteiger partial charge in [0.15, 0.2) is 0 Å². The molecule has 1 atom stereocenters. The second kappa shape index (κ2) is 7.70. The van der Waals surface area contributed by atoms with Crippen molar-refractivity contribution in [2.45, 2.75) is 51.0 Å². The van der Waals surface area contributed by atoms with Crippen molar-refractivity contribution in [3.8, 4) is 0 Å². The van der Waals surface area contributed by atoms with Crippen LogP contribution < -0.4 is 10.6 Å². The highest BCUT2D eigenvalue weighted by atomic mass is 16.4. The molecule has 4 saturated carbocycles. The zero-order valence-corrected chi connectivity index (χ0v) is 17.5. The summed E-state index contributed by atoms with van der Waals surface area (Å²) in [6.45, 7) is -0.462. The standard InChI is InChI=1S/C24H29N3O4/c28-21(29)13-26-22(30)20(8-17-12-25-19-4-2-1-3-18(17)19)27-23(31)24-9-14-5-15(10-24)7-16(6-14)11-24/h1-4,12,14-16,20,25H,5-11,13H2,(H,26,30)(H,27,31)(H,28,29)/t14?,15?,16?,20-,24?/m1/s1. The maximum Gasteiger partial charge on any atom is 0.322 e. The Hall–Kier alpha value is -2.83. The van der Waals surface area contributed by atoms with Crippen LogP contribution in [0.1, 0.15) is 44.1 Å². The number of hydrogen-bond donors (Lipinski definition) is 4. The number of aromatic nitrogens is 1. The Labute approximate surface area is 181 Å². The Kier molecular flexibility index (Phi) is 4.99. The van der Waals surface area contributed by atoms with Crippen molar-refractivity contribution in [1.29, 1.82) is 0 Å². The Morgan fingerprint density at radius 1 is 1.06 bits per heavy atom. The predicted molar refractivity (Wildman–Crippen MR) is 115 cm³/mol. The van der Waals surface area contributed by atoms with Gasteiger partial charge in [-0.1, -0.05) is 18.2 Å². The Morgan fingerprint density at radius 3 is 2.35 bits per heavy atom. The van der Waals surface area contributed by atoms with Gasteiger partial charge in [0, 0.05) is 28.9 Å². The number of fused-ring (bicyclic) bond motifs is 1. The molecule has 0 spiro atoms. The topological polar surface area (TPSA) is 111 Å². The van der Waals surface area contributed by atoms with Crippen LogP contribution in [0.25, 0.3) is 10.9 Å². The van der Waals surface area contributed by atoms with Gasteiger partial charge in [0.25, 0.3) is 0 Å². The van der Waals surface area contributed by atoms with E-state index in [1.54, 1.807) is 0 Å². The maximum absolute atomic E-state index is 13.5. The molecule has 4 aliphatic rings. The van der Waals surface area contributed by atoms with Crippen molar-refractivity contribution in [1.82, 2.24) is 15.6 Å². The van der Waals surface area contributed by atoms with Crippen LogP contribution in [0.5, 0.6) is 0 Å². The van der Waals surface area contributed by atoms with E-state index in [0.717, 1.165) is 35.7 Å². The molecule has 1 aromatic carbocycles. The third kappa shape index (κ3) is 3.82. The van der Waals surface area contributed by atoms with Crippen molar-refractivity contribution in [3.63, 3.8) is 0 Å². The molecule has 4 N–H and O–H groups in total. The first-order chi connectivity index (χ1) is 14.9. The summed E-state index contributed by atoms with van der Waals surface area (Å²) in [5.74, 6) is 0.305. The average molecular weight is 424 g/mol. The molecule has 6 rings (SSSR count). The predicted octanol–water partition coefficient (Wildman–Crippen LogP) is 2.61. The largest absolute Gasteiger partial charge is 0.480 e. The van der Waals surface area contributed by atoms with Gasteiger partial charge in [-0.25, -0.2) is 0 Å². The average Bonchev–Trinajstić information content (AvgIpc) is 3.13. The van der Waals surface area contributed by atoms with E-state index >= 15 is 0 Å². The number of nitrogens with one attached hydrogen (secondary N) is 3. The zero-order valence-electron chi connectivity index (χ0n) is 17.5. The van der Waals surface area contributed by atoms with Crippen LogP contribution in [0, 0.1) is 23.2 Å². The van der Waals surface area contributed by atoms with Gasteiger partial charge in [0.05, 0.1) is 0 Å². The summed E-state index contributed by atoms with van der Waals surface area (Å²) in [6.07, 6.45) is 8.65. The molecule has 0 saturated heterocycles. The number of rotatable bonds is 7. The highest BCUT2D eigenvalue weighted by molar-refractivity contribution is 5.92. The van der Waals surface area contributed by atoms with E-state index < -0.39 is 24.5 Å². The van der Waals surface area contributed by atoms with E-state index in [1.165, 1.54) is 19.3 Å². The molecule has 0 radical (unpaired) electrons. The molecule has 7 nitrogen and oxygen atoms in total. The Bertz CT molecular complexity index is 991. The minimum absolute atomic E-state index is 0.0260. The quantitative estimate of drug-likeness (QED) is 0.548. The van der Waals surface area contributed by atoms with Crippen LogP contribution in [0.2, 0.25) is 0 Å². The Balaban J connectivity index is 1.37. The molecular weight excluding hydrogens is 394 g/mol. The van der Waals surface area contributed by atoms with Crippen LogP contribution in [0.15, 0.2) is 30.5 Å². The summed E-state index contributed by atoms with van der Waals surface area (Å²) in [4.78, 5) is 40.6. The minimum Gasteiger partial charge on any atom is -0.480 e. The van der Waals surface area contributed by atoms with Crippen LogP contribution in [0.3, 0.4) is 0 Å². The lowest BCUT2D eigenvalue weighted by Gasteiger charge is -2.55. The molecule has 4 aliphatic carbocycles. The Morgan fingerprint density at radius 2 is 1.71 bits per heavy atom. The third-order valence-corrected chi connectivity index (χ3v) is 7.65. The number of carbonyl (C=O) groups is 3. The number of benzene rings is 1. The fourth-order valence-corrected chi connectivity index (χ4v) is 6.72. The lowest BCUT2D eigenvalue weighted by atomic mass is 9.49. The summed E-state index contributed by atoms with van der Waals surface area (Å²) >= 11 is 0. The molecule has 164 valence electrons. The molecule has 2 aromatic rings. The molecule has 4 fully saturated rings. The van der Waals surface area contributed by atoms with Gasteiger partial charge in [-0.2, -0.15) is 0 Å². The van der Waals surface area contributed by atoms with E-state index in [0.29, 0.717) is 24.2 Å². The number of amides is 2. The number of H-pyrrole nitrogens is 1. The minimum atomic E-state index is -1.10. The van der Waals surface area contributed by atoms with E-state index in [4.69, 9.17) is 5.11 Å². The number of carbonyl (C=O) groups excluding carboxylic acids is 2. The van der Waals surface area contributed by atoms with Crippen molar-refractivity contribution in [2.24, 2.45) is 23.2 Å². The zero-order chi connectivity index (χ0) is 21.6. The van der Waals surface area contributed by atoms with Crippen molar-refractivity contribution in [2.75, 3.05) is 6.54 Å². The first-order valence-electron chi connectivity index (χ1n) is 11.3. The first kappa shape index (κ1) is 20.1. The summed E-state index contributed by atoms with van der Waals surface area (Å²) in [5, 5.41) is 15.5. The smallest absolute Gasteiger partial charge is 0.322 e. The molecule has 1 heterocycles. The molecule has 0 unspecified atom stereocenters. The fourth-order valence-electron chi connectivity index (χ4n) is 6.72. The molecule has 1 aromatic heterocycles. The highest BCUT2D eigenvalue weighted by Gasteiger charge is 2.55. The molecule has 2 amide bonds. The molecular formula is C24H29N3O4. The van der Waals surface area contributed by atoms with E-state index in [-0.39, 0.29) is 11.3 Å². The third-order valence-electron chi connectivity index (χ3n) is 7.65. The highest BCUT2D eigenvalue weighted by Crippen LogP contribution is 2.60. The van der Waals surface area contributed by atoms with Gasteiger partial charge < -0.3 is 20.7 Å². The van der Waals surface area contributed by atoms with Crippen molar-refractivity contribution < 1.29 is 19.5 Å². The van der Waals surface area contributed by atoms with Gasteiger partial charge in [-0.05, 0) is 67.9 Å². The number of para-hydroxylation sites is 1. The van der Waals surface area contributed by atoms with E-state index in [9.17, 15) is 14.4 Å². The first-order valence-corrected chi connectivity index (χ1v) is 11.3. The molecule has 4 bridgehead atoms. The summed E-state index contributed by atoms with van der Waals surface area (Å²) in [5.41, 5.74) is 1.53. The maximum atomic E-state index is 13.5. The second-order valence-corrected chi connectivity index (χ2v) is 9.90. The van der Waals surface area contributed by atoms with Gasteiger partial charge in [0.2, 0.25) is 11.8 Å². The number of aliphatic carboxylic acids is 1. The van der Waals surface area contributed by atoms with Gasteiger partial charge in [-0.3, -0.25) is 14.4 Å². The molecule has 31 heavy (non-hydrogen) atoms. The summed E-state index contributed by atoms with van der Waals surface area (Å²) in [7, 11) is 0. The molecule has 0 aliphatic heterocycles. The summed E-state index contributed by atoms with van der Waals surface area (Å²) < 4.78 is 0.